The second-order valence-electron chi connectivity index (χ2n) is 5.23. The molecule has 0 bridgehead atoms. The third-order valence-corrected chi connectivity index (χ3v) is 4.42. The molecule has 1 aromatic carbocycles. The largest absolute Gasteiger partial charge is 0.352 e. The van der Waals surface area contributed by atoms with Gasteiger partial charge in [0.2, 0.25) is 11.8 Å². The Balaban J connectivity index is 1.47. The molecule has 21 heavy (non-hydrogen) atoms. The second kappa shape index (κ2) is 6.30. The number of carbonyl (C=O) groups excluding carboxylic acids is 2. The van der Waals surface area contributed by atoms with Crippen LogP contribution in [-0.4, -0.2) is 28.3 Å². The molecule has 110 valence electrons. The molecule has 1 aliphatic carbocycles. The molecule has 1 heterocycles. The van der Waals surface area contributed by atoms with Crippen LogP contribution in [0.5, 0.6) is 0 Å². The third-order valence-electron chi connectivity index (χ3n) is 3.33. The Kier molecular flexibility index (Phi) is 4.24. The van der Waals surface area contributed by atoms with E-state index in [4.69, 9.17) is 0 Å². The van der Waals surface area contributed by atoms with Crippen LogP contribution in [-0.2, 0) is 16.1 Å². The Hall–Kier alpha value is -1.82. The highest BCUT2D eigenvalue weighted by Crippen LogP contribution is 2.28. The van der Waals surface area contributed by atoms with E-state index in [0.717, 1.165) is 18.4 Å². The van der Waals surface area contributed by atoms with Crippen molar-refractivity contribution < 1.29 is 9.59 Å². The Morgan fingerprint density at radius 1 is 1.33 bits per heavy atom. The number of amidine groups is 1. The number of hydrogen-bond donors (Lipinski definition) is 2. The number of amides is 2. The van der Waals surface area contributed by atoms with Crippen molar-refractivity contribution in [1.82, 2.24) is 10.6 Å². The van der Waals surface area contributed by atoms with E-state index < -0.39 is 0 Å². The molecule has 0 unspecified atom stereocenters. The van der Waals surface area contributed by atoms with Gasteiger partial charge in [-0.3, -0.25) is 14.6 Å². The number of rotatable bonds is 5. The van der Waals surface area contributed by atoms with Crippen molar-refractivity contribution in [2.45, 2.75) is 37.1 Å². The van der Waals surface area contributed by atoms with Crippen molar-refractivity contribution in [2.75, 3.05) is 0 Å². The predicted octanol–water partition coefficient (Wildman–Crippen LogP) is 1.44. The average molecular weight is 303 g/mol. The van der Waals surface area contributed by atoms with Crippen LogP contribution in [0, 0.1) is 0 Å². The van der Waals surface area contributed by atoms with Crippen molar-refractivity contribution in [3.05, 3.63) is 35.9 Å². The van der Waals surface area contributed by atoms with Crippen molar-refractivity contribution in [2.24, 2.45) is 4.99 Å². The lowest BCUT2D eigenvalue weighted by Crippen LogP contribution is -2.31. The number of carbonyl (C=O) groups is 2. The van der Waals surface area contributed by atoms with Gasteiger partial charge in [0.15, 0.2) is 5.17 Å². The van der Waals surface area contributed by atoms with Gasteiger partial charge in [-0.25, -0.2) is 0 Å². The quantitative estimate of drug-likeness (QED) is 0.865. The van der Waals surface area contributed by atoms with Crippen LogP contribution in [0.25, 0.3) is 0 Å². The minimum Gasteiger partial charge on any atom is -0.352 e. The van der Waals surface area contributed by atoms with Crippen LogP contribution in [0.4, 0.5) is 0 Å². The van der Waals surface area contributed by atoms with Gasteiger partial charge in [0.1, 0.15) is 5.25 Å². The van der Waals surface area contributed by atoms with Gasteiger partial charge in [-0.05, 0) is 18.4 Å². The number of thioether (sulfide) groups is 1. The molecule has 1 aliphatic heterocycles. The van der Waals surface area contributed by atoms with Crippen molar-refractivity contribution >= 4 is 28.7 Å². The molecule has 0 spiro atoms. The number of hydrogen-bond acceptors (Lipinski definition) is 4. The van der Waals surface area contributed by atoms with Crippen LogP contribution in [0.15, 0.2) is 35.3 Å². The Morgan fingerprint density at radius 3 is 2.81 bits per heavy atom. The van der Waals surface area contributed by atoms with Crippen LogP contribution in [0.2, 0.25) is 0 Å². The Bertz CT molecular complexity index is 570. The van der Waals surface area contributed by atoms with E-state index >= 15 is 0 Å². The molecule has 2 aliphatic rings. The normalized spacial score (nSPS) is 23.1. The van der Waals surface area contributed by atoms with Crippen molar-refractivity contribution in [1.29, 1.82) is 0 Å². The molecule has 3 rings (SSSR count). The van der Waals surface area contributed by atoms with Gasteiger partial charge in [0.05, 0.1) is 6.04 Å². The fourth-order valence-electron chi connectivity index (χ4n) is 2.01. The van der Waals surface area contributed by atoms with Crippen molar-refractivity contribution in [3.63, 3.8) is 0 Å². The fourth-order valence-corrected chi connectivity index (χ4v) is 3.05. The van der Waals surface area contributed by atoms with Crippen LogP contribution in [0.3, 0.4) is 0 Å². The van der Waals surface area contributed by atoms with E-state index in [0.29, 0.717) is 17.8 Å². The first-order valence-corrected chi connectivity index (χ1v) is 7.94. The molecule has 2 fully saturated rings. The molecular weight excluding hydrogens is 286 g/mol. The first kappa shape index (κ1) is 14.1. The van der Waals surface area contributed by atoms with E-state index in [2.05, 4.69) is 15.6 Å². The lowest BCUT2D eigenvalue weighted by atomic mass is 10.2. The Labute approximate surface area is 127 Å². The molecule has 0 radical (unpaired) electrons. The van der Waals surface area contributed by atoms with Gasteiger partial charge < -0.3 is 10.6 Å². The molecule has 6 heteroatoms. The van der Waals surface area contributed by atoms with E-state index in [1.807, 2.05) is 30.3 Å². The first-order valence-electron chi connectivity index (χ1n) is 7.06. The van der Waals surface area contributed by atoms with Gasteiger partial charge in [0.25, 0.3) is 0 Å². The standard InChI is InChI=1S/C15H17N3O2S/c19-13(16-9-10-4-2-1-3-5-10)8-12-14(20)18-15(21-12)17-11-6-7-11/h1-5,11-12H,6-9H2,(H,16,19)(H,17,18,20)/t12-/m1/s1. The van der Waals surface area contributed by atoms with Crippen LogP contribution < -0.4 is 10.6 Å². The monoisotopic (exact) mass is 303 g/mol. The summed E-state index contributed by atoms with van der Waals surface area (Å²) in [6, 6.07) is 10.1. The maximum absolute atomic E-state index is 11.9. The molecule has 1 atom stereocenters. The summed E-state index contributed by atoms with van der Waals surface area (Å²) in [7, 11) is 0. The van der Waals surface area contributed by atoms with Crippen LogP contribution in [0.1, 0.15) is 24.8 Å². The topological polar surface area (TPSA) is 70.6 Å². The molecule has 0 aromatic heterocycles. The number of nitrogens with zero attached hydrogens (tertiary/aromatic N) is 1. The predicted molar refractivity (Wildman–Crippen MR) is 82.9 cm³/mol. The molecule has 1 saturated heterocycles. The maximum atomic E-state index is 11.9. The average Bonchev–Trinajstić information content (AvgIpc) is 3.22. The van der Waals surface area contributed by atoms with Gasteiger partial charge in [-0.1, -0.05) is 42.1 Å². The van der Waals surface area contributed by atoms with Crippen LogP contribution >= 0.6 is 11.8 Å². The third kappa shape index (κ3) is 4.07. The van der Waals surface area contributed by atoms with E-state index in [1.165, 1.54) is 11.8 Å². The minimum atomic E-state index is -0.363. The zero-order valence-corrected chi connectivity index (χ0v) is 12.4. The molecule has 1 saturated carbocycles. The smallest absolute Gasteiger partial charge is 0.240 e. The summed E-state index contributed by atoms with van der Waals surface area (Å²) in [5.41, 5.74) is 1.05. The number of aliphatic imine (C=N–C) groups is 1. The van der Waals surface area contributed by atoms with Gasteiger partial charge >= 0.3 is 0 Å². The van der Waals surface area contributed by atoms with Crippen molar-refractivity contribution in [3.8, 4) is 0 Å². The van der Waals surface area contributed by atoms with Gasteiger partial charge in [-0.2, -0.15) is 0 Å². The number of benzene rings is 1. The summed E-state index contributed by atoms with van der Waals surface area (Å²) >= 11 is 1.37. The summed E-state index contributed by atoms with van der Waals surface area (Å²) in [4.78, 5) is 28.1. The molecular formula is C15H17N3O2S. The Morgan fingerprint density at radius 2 is 2.10 bits per heavy atom. The summed E-state index contributed by atoms with van der Waals surface area (Å²) in [6.45, 7) is 0.488. The van der Waals surface area contributed by atoms with Gasteiger partial charge in [-0.15, -0.1) is 0 Å². The summed E-state index contributed by atoms with van der Waals surface area (Å²) < 4.78 is 0. The first-order chi connectivity index (χ1) is 10.2. The zero-order chi connectivity index (χ0) is 14.7. The summed E-state index contributed by atoms with van der Waals surface area (Å²) in [6.07, 6.45) is 2.39. The summed E-state index contributed by atoms with van der Waals surface area (Å²) in [5, 5.41) is 5.90. The second-order valence-corrected chi connectivity index (χ2v) is 6.42. The highest BCUT2D eigenvalue weighted by atomic mass is 32.2. The lowest BCUT2D eigenvalue weighted by molar-refractivity contribution is -0.125. The number of nitrogens with one attached hydrogen (secondary N) is 2. The van der Waals surface area contributed by atoms with E-state index in [9.17, 15) is 9.59 Å². The maximum Gasteiger partial charge on any atom is 0.240 e. The summed E-state index contributed by atoms with van der Waals surface area (Å²) in [5.74, 6) is -0.228. The van der Waals surface area contributed by atoms with E-state index in [-0.39, 0.29) is 23.5 Å². The zero-order valence-electron chi connectivity index (χ0n) is 11.5. The molecule has 5 nitrogen and oxygen atoms in total. The highest BCUT2D eigenvalue weighted by Gasteiger charge is 2.33. The van der Waals surface area contributed by atoms with E-state index in [1.54, 1.807) is 0 Å². The SMILES string of the molecule is O=C(C[C@H]1SC(=NC2CC2)NC1=O)NCc1ccccc1. The van der Waals surface area contributed by atoms with Gasteiger partial charge in [0, 0.05) is 13.0 Å². The molecule has 2 amide bonds. The molecule has 2 N–H and O–H groups in total. The fraction of sp³-hybridized carbons (Fsp3) is 0.400. The minimum absolute atomic E-state index is 0.112. The highest BCUT2D eigenvalue weighted by molar-refractivity contribution is 8.15. The molecule has 1 aromatic rings. The lowest BCUT2D eigenvalue weighted by Gasteiger charge is -2.07.